The van der Waals surface area contributed by atoms with Gasteiger partial charge in [0.15, 0.2) is 0 Å². The normalized spacial score (nSPS) is 22.3. The summed E-state index contributed by atoms with van der Waals surface area (Å²) in [7, 11) is 0. The Morgan fingerprint density at radius 2 is 1.71 bits per heavy atom. The Morgan fingerprint density at radius 1 is 1.00 bits per heavy atom. The fourth-order valence-electron chi connectivity index (χ4n) is 4.01. The van der Waals surface area contributed by atoms with Crippen molar-refractivity contribution in [1.29, 1.82) is 0 Å². The number of para-hydroxylation sites is 2. The molecule has 2 heterocycles. The van der Waals surface area contributed by atoms with Crippen LogP contribution in [0.4, 0.5) is 5.69 Å². The highest BCUT2D eigenvalue weighted by Gasteiger charge is 2.34. The Bertz CT molecular complexity index is 790. The number of carbonyl (C=O) groups is 1. The second-order valence-corrected chi connectivity index (χ2v) is 7.25. The van der Waals surface area contributed by atoms with Gasteiger partial charge in [0.05, 0.1) is 12.3 Å². The molecular weight excluding hydrogens is 352 g/mol. The average Bonchev–Trinajstić information content (AvgIpc) is 3.25. The number of piperazine rings is 1. The van der Waals surface area contributed by atoms with Gasteiger partial charge in [-0.15, -0.1) is 0 Å². The Kier molecular flexibility index (Phi) is 5.78. The molecule has 2 atom stereocenters. The van der Waals surface area contributed by atoms with E-state index >= 15 is 0 Å². The van der Waals surface area contributed by atoms with Crippen LogP contribution in [-0.4, -0.2) is 49.6 Å². The molecule has 0 bridgehead atoms. The lowest BCUT2D eigenvalue weighted by Gasteiger charge is -2.37. The van der Waals surface area contributed by atoms with Crippen molar-refractivity contribution < 1.29 is 9.53 Å². The van der Waals surface area contributed by atoms with Crippen LogP contribution < -0.4 is 20.5 Å². The van der Waals surface area contributed by atoms with E-state index in [1.807, 2.05) is 48.2 Å². The van der Waals surface area contributed by atoms with Gasteiger partial charge in [0.1, 0.15) is 11.8 Å². The van der Waals surface area contributed by atoms with E-state index in [9.17, 15) is 4.79 Å². The molecule has 0 saturated carbocycles. The number of ether oxygens (including phenoxy) is 1. The average molecular weight is 380 g/mol. The number of nitrogens with one attached hydrogen (secondary N) is 2. The topological polar surface area (TPSA) is 56.8 Å². The van der Waals surface area contributed by atoms with E-state index in [0.29, 0.717) is 6.61 Å². The van der Waals surface area contributed by atoms with Gasteiger partial charge in [-0.2, -0.15) is 0 Å². The number of nitrogens with zero attached hydrogens (tertiary/aromatic N) is 2. The van der Waals surface area contributed by atoms with Crippen LogP contribution in [0.5, 0.6) is 5.75 Å². The van der Waals surface area contributed by atoms with E-state index in [4.69, 9.17) is 4.74 Å². The minimum Gasteiger partial charge on any atom is -0.492 e. The first kappa shape index (κ1) is 18.8. The number of carbonyl (C=O) groups excluding carboxylic acids is 1. The molecule has 1 amide bonds. The summed E-state index contributed by atoms with van der Waals surface area (Å²) in [5.74, 6) is 1.10. The first-order chi connectivity index (χ1) is 13.8. The van der Waals surface area contributed by atoms with E-state index in [-0.39, 0.29) is 18.0 Å². The number of benzene rings is 2. The number of anilines is 1. The Balaban J connectivity index is 1.34. The number of hydrogen-bond acceptors (Lipinski definition) is 5. The third-order valence-electron chi connectivity index (χ3n) is 5.50. The largest absolute Gasteiger partial charge is 0.492 e. The first-order valence-electron chi connectivity index (χ1n) is 10.1. The molecule has 2 aromatic rings. The molecule has 4 rings (SSSR count). The molecule has 2 aliphatic rings. The Labute approximate surface area is 166 Å². The first-order valence-corrected chi connectivity index (χ1v) is 10.1. The molecule has 2 aliphatic heterocycles. The number of amides is 1. The molecule has 0 aromatic heterocycles. The molecule has 6 nitrogen and oxygen atoms in total. The zero-order chi connectivity index (χ0) is 19.3. The van der Waals surface area contributed by atoms with Gasteiger partial charge in [0.25, 0.3) is 0 Å². The van der Waals surface area contributed by atoms with Crippen molar-refractivity contribution in [3.63, 3.8) is 0 Å². The fraction of sp³-hybridized carbons (Fsp3) is 0.409. The molecule has 0 spiro atoms. The van der Waals surface area contributed by atoms with Gasteiger partial charge in [-0.25, -0.2) is 10.9 Å². The standard InChI is InChI=1S/C22H28N4O2/c1-2-28-21-11-7-6-10-20(21)25-12-14-26(15-13-25)22(27)19-16-18(23-24-19)17-8-4-3-5-9-17/h3-11,18-19,23-24H,2,12-16H2,1H3. The summed E-state index contributed by atoms with van der Waals surface area (Å²) >= 11 is 0. The lowest BCUT2D eigenvalue weighted by Crippen LogP contribution is -2.53. The molecule has 28 heavy (non-hydrogen) atoms. The van der Waals surface area contributed by atoms with Gasteiger partial charge >= 0.3 is 0 Å². The van der Waals surface area contributed by atoms with Crippen LogP contribution in [0.3, 0.4) is 0 Å². The Hall–Kier alpha value is -2.57. The SMILES string of the molecule is CCOc1ccccc1N1CCN(C(=O)C2CC(c3ccccc3)NN2)CC1. The van der Waals surface area contributed by atoms with Gasteiger partial charge < -0.3 is 14.5 Å². The van der Waals surface area contributed by atoms with Crippen molar-refractivity contribution in [1.82, 2.24) is 15.8 Å². The smallest absolute Gasteiger partial charge is 0.241 e. The molecule has 6 heteroatoms. The van der Waals surface area contributed by atoms with E-state index < -0.39 is 0 Å². The highest BCUT2D eigenvalue weighted by molar-refractivity contribution is 5.82. The molecule has 2 unspecified atom stereocenters. The predicted octanol–water partition coefficient (Wildman–Crippen LogP) is 2.34. The molecule has 0 aliphatic carbocycles. The second-order valence-electron chi connectivity index (χ2n) is 7.25. The summed E-state index contributed by atoms with van der Waals surface area (Å²) < 4.78 is 5.76. The van der Waals surface area contributed by atoms with Crippen molar-refractivity contribution in [2.45, 2.75) is 25.4 Å². The zero-order valence-corrected chi connectivity index (χ0v) is 16.3. The third kappa shape index (κ3) is 3.98. The molecular formula is C22H28N4O2. The second kappa shape index (κ2) is 8.63. The highest BCUT2D eigenvalue weighted by Crippen LogP contribution is 2.29. The summed E-state index contributed by atoms with van der Waals surface area (Å²) in [6, 6.07) is 18.4. The number of hydrazine groups is 1. The Morgan fingerprint density at radius 3 is 2.46 bits per heavy atom. The maximum Gasteiger partial charge on any atom is 0.241 e. The van der Waals surface area contributed by atoms with Crippen LogP contribution in [-0.2, 0) is 4.79 Å². The summed E-state index contributed by atoms with van der Waals surface area (Å²) in [5, 5.41) is 0. The maximum absolute atomic E-state index is 13.0. The van der Waals surface area contributed by atoms with Crippen LogP contribution in [0.15, 0.2) is 54.6 Å². The monoisotopic (exact) mass is 380 g/mol. The van der Waals surface area contributed by atoms with Crippen molar-refractivity contribution in [2.75, 3.05) is 37.7 Å². The summed E-state index contributed by atoms with van der Waals surface area (Å²) in [4.78, 5) is 17.3. The van der Waals surface area contributed by atoms with Crippen molar-refractivity contribution >= 4 is 11.6 Å². The summed E-state index contributed by atoms with van der Waals surface area (Å²) in [5.41, 5.74) is 8.79. The lowest BCUT2D eigenvalue weighted by atomic mass is 10.0. The van der Waals surface area contributed by atoms with E-state index in [1.165, 1.54) is 5.56 Å². The predicted molar refractivity (Wildman–Crippen MR) is 110 cm³/mol. The van der Waals surface area contributed by atoms with E-state index in [2.05, 4.69) is 34.0 Å². The van der Waals surface area contributed by atoms with Crippen molar-refractivity contribution in [3.8, 4) is 5.75 Å². The van der Waals surface area contributed by atoms with Crippen LogP contribution in [0.25, 0.3) is 0 Å². The molecule has 2 N–H and O–H groups in total. The van der Waals surface area contributed by atoms with Gasteiger partial charge in [-0.05, 0) is 31.0 Å². The molecule has 0 radical (unpaired) electrons. The molecule has 2 aromatic carbocycles. The van der Waals surface area contributed by atoms with E-state index in [0.717, 1.165) is 44.0 Å². The zero-order valence-electron chi connectivity index (χ0n) is 16.3. The minimum atomic E-state index is -0.174. The van der Waals surface area contributed by atoms with Gasteiger partial charge in [-0.3, -0.25) is 4.79 Å². The molecule has 2 saturated heterocycles. The summed E-state index contributed by atoms with van der Waals surface area (Å²) in [6.07, 6.45) is 0.774. The van der Waals surface area contributed by atoms with Crippen molar-refractivity contribution in [2.24, 2.45) is 0 Å². The van der Waals surface area contributed by atoms with Gasteiger partial charge in [0, 0.05) is 32.2 Å². The summed E-state index contributed by atoms with van der Waals surface area (Å²) in [6.45, 7) is 5.74. The minimum absolute atomic E-state index is 0.174. The van der Waals surface area contributed by atoms with Crippen LogP contribution >= 0.6 is 0 Å². The van der Waals surface area contributed by atoms with E-state index in [1.54, 1.807) is 0 Å². The third-order valence-corrected chi connectivity index (χ3v) is 5.50. The highest BCUT2D eigenvalue weighted by atomic mass is 16.5. The quantitative estimate of drug-likeness (QED) is 0.834. The molecule has 148 valence electrons. The van der Waals surface area contributed by atoms with Crippen LogP contribution in [0.2, 0.25) is 0 Å². The van der Waals surface area contributed by atoms with Crippen molar-refractivity contribution in [3.05, 3.63) is 60.2 Å². The van der Waals surface area contributed by atoms with Crippen LogP contribution in [0, 0.1) is 0 Å². The lowest BCUT2D eigenvalue weighted by molar-refractivity contribution is -0.133. The molecule has 2 fully saturated rings. The number of rotatable bonds is 5. The van der Waals surface area contributed by atoms with Gasteiger partial charge in [-0.1, -0.05) is 42.5 Å². The number of hydrogen-bond donors (Lipinski definition) is 2. The van der Waals surface area contributed by atoms with Crippen LogP contribution in [0.1, 0.15) is 24.9 Å². The maximum atomic E-state index is 13.0. The fourth-order valence-corrected chi connectivity index (χ4v) is 4.01. The van der Waals surface area contributed by atoms with Gasteiger partial charge in [0.2, 0.25) is 5.91 Å².